The van der Waals surface area contributed by atoms with Crippen molar-refractivity contribution in [3.05, 3.63) is 107 Å². The van der Waals surface area contributed by atoms with Gasteiger partial charge >= 0.3 is 0 Å². The summed E-state index contributed by atoms with van der Waals surface area (Å²) in [6.45, 7) is 2.43. The van der Waals surface area contributed by atoms with Gasteiger partial charge in [0.2, 0.25) is 5.91 Å². The van der Waals surface area contributed by atoms with Crippen molar-refractivity contribution < 1.29 is 13.9 Å². The molecule has 3 aromatic carbocycles. The number of aryl methyl sites for hydroxylation is 1. The van der Waals surface area contributed by atoms with Crippen molar-refractivity contribution in [2.75, 3.05) is 5.32 Å². The fourth-order valence-corrected chi connectivity index (χ4v) is 3.90. The molecule has 160 valence electrons. The van der Waals surface area contributed by atoms with Crippen molar-refractivity contribution in [1.82, 2.24) is 4.98 Å². The molecule has 0 saturated carbocycles. The van der Waals surface area contributed by atoms with Crippen LogP contribution in [0.1, 0.15) is 16.0 Å². The number of anilines is 1. The van der Waals surface area contributed by atoms with Gasteiger partial charge in [-0.2, -0.15) is 0 Å². The Kier molecular flexibility index (Phi) is 6.72. The van der Waals surface area contributed by atoms with Gasteiger partial charge in [0.1, 0.15) is 18.2 Å². The highest BCUT2D eigenvalue weighted by molar-refractivity contribution is 7.16. The Morgan fingerprint density at radius 2 is 1.75 bits per heavy atom. The number of thiazole rings is 1. The Morgan fingerprint density at radius 3 is 2.47 bits per heavy atom. The zero-order valence-electron chi connectivity index (χ0n) is 17.4. The first-order valence-electron chi connectivity index (χ1n) is 10.1. The Balaban J connectivity index is 1.33. The summed E-state index contributed by atoms with van der Waals surface area (Å²) in [5.41, 5.74) is 3.54. The van der Waals surface area contributed by atoms with Gasteiger partial charge in [-0.1, -0.05) is 42.5 Å². The summed E-state index contributed by atoms with van der Waals surface area (Å²) in [6.07, 6.45) is 3.20. The van der Waals surface area contributed by atoms with E-state index in [1.165, 1.54) is 29.5 Å². The van der Waals surface area contributed by atoms with Crippen LogP contribution in [0.2, 0.25) is 0 Å². The lowest BCUT2D eigenvalue weighted by Crippen LogP contribution is -2.07. The highest BCUT2D eigenvalue weighted by atomic mass is 32.1. The number of nitrogens with one attached hydrogen (secondary N) is 1. The molecule has 0 fully saturated rings. The normalized spacial score (nSPS) is 10.9. The van der Waals surface area contributed by atoms with E-state index in [1.807, 2.05) is 61.5 Å². The largest absolute Gasteiger partial charge is 0.489 e. The predicted molar refractivity (Wildman–Crippen MR) is 127 cm³/mol. The minimum Gasteiger partial charge on any atom is -0.489 e. The molecule has 0 aliphatic heterocycles. The number of hydrogen-bond acceptors (Lipinski definition) is 4. The van der Waals surface area contributed by atoms with E-state index < -0.39 is 0 Å². The number of benzene rings is 3. The van der Waals surface area contributed by atoms with E-state index in [-0.39, 0.29) is 11.7 Å². The third-order valence-electron chi connectivity index (χ3n) is 4.70. The van der Waals surface area contributed by atoms with Gasteiger partial charge in [-0.3, -0.25) is 10.1 Å². The van der Waals surface area contributed by atoms with Gasteiger partial charge in [-0.25, -0.2) is 9.37 Å². The van der Waals surface area contributed by atoms with Crippen LogP contribution in [0.25, 0.3) is 17.3 Å². The zero-order valence-corrected chi connectivity index (χ0v) is 18.2. The van der Waals surface area contributed by atoms with Crippen molar-refractivity contribution >= 4 is 28.5 Å². The minimum atomic E-state index is -0.295. The summed E-state index contributed by atoms with van der Waals surface area (Å²) in [6, 6.07) is 23.6. The fraction of sp³-hybridized carbons (Fsp3) is 0.0769. The second kappa shape index (κ2) is 10.0. The molecule has 0 saturated heterocycles. The van der Waals surface area contributed by atoms with Crippen LogP contribution in [-0.4, -0.2) is 10.9 Å². The Hall–Kier alpha value is -3.77. The molecule has 6 heteroatoms. The zero-order chi connectivity index (χ0) is 22.3. The van der Waals surface area contributed by atoms with E-state index in [0.29, 0.717) is 11.7 Å². The molecule has 4 aromatic rings. The van der Waals surface area contributed by atoms with Crippen LogP contribution in [0.4, 0.5) is 9.52 Å². The van der Waals surface area contributed by atoms with Crippen LogP contribution in [-0.2, 0) is 11.4 Å². The van der Waals surface area contributed by atoms with Gasteiger partial charge in [-0.05, 0) is 60.5 Å². The van der Waals surface area contributed by atoms with Crippen LogP contribution in [0.5, 0.6) is 5.75 Å². The molecule has 4 nitrogen and oxygen atoms in total. The fourth-order valence-electron chi connectivity index (χ4n) is 3.06. The predicted octanol–water partition coefficient (Wildman–Crippen LogP) is 6.49. The first-order chi connectivity index (χ1) is 15.6. The van der Waals surface area contributed by atoms with Gasteiger partial charge in [0.05, 0.1) is 5.69 Å². The van der Waals surface area contributed by atoms with Gasteiger partial charge in [0, 0.05) is 16.5 Å². The monoisotopic (exact) mass is 444 g/mol. The van der Waals surface area contributed by atoms with Crippen LogP contribution in [0.3, 0.4) is 0 Å². The number of nitrogens with zero attached hydrogens (tertiary/aromatic N) is 1. The smallest absolute Gasteiger partial charge is 0.250 e. The quantitative estimate of drug-likeness (QED) is 0.332. The Bertz CT molecular complexity index is 1220. The molecule has 1 heterocycles. The summed E-state index contributed by atoms with van der Waals surface area (Å²) in [5.74, 6) is 0.201. The van der Waals surface area contributed by atoms with E-state index in [1.54, 1.807) is 18.2 Å². The maximum atomic E-state index is 13.1. The minimum absolute atomic E-state index is 0.270. The van der Waals surface area contributed by atoms with E-state index in [4.69, 9.17) is 4.74 Å². The molecule has 32 heavy (non-hydrogen) atoms. The van der Waals surface area contributed by atoms with Crippen LogP contribution < -0.4 is 10.1 Å². The highest BCUT2D eigenvalue weighted by Crippen LogP contribution is 2.30. The number of aromatic nitrogens is 1. The average Bonchev–Trinajstić information content (AvgIpc) is 3.18. The lowest BCUT2D eigenvalue weighted by atomic mass is 10.1. The Labute approximate surface area is 190 Å². The lowest BCUT2D eigenvalue weighted by molar-refractivity contribution is -0.111. The van der Waals surface area contributed by atoms with E-state index in [9.17, 15) is 9.18 Å². The van der Waals surface area contributed by atoms with E-state index >= 15 is 0 Å². The van der Waals surface area contributed by atoms with Crippen molar-refractivity contribution in [1.29, 1.82) is 0 Å². The number of rotatable bonds is 7. The molecule has 0 bridgehead atoms. The SMILES string of the molecule is Cc1sc(NC(=O)/C=C/c2ccc(OCc3ccccc3)cc2)nc1-c1ccc(F)cc1. The van der Waals surface area contributed by atoms with E-state index in [2.05, 4.69) is 10.3 Å². The first-order valence-corrected chi connectivity index (χ1v) is 10.9. The third kappa shape index (κ3) is 5.68. The van der Waals surface area contributed by atoms with Crippen molar-refractivity contribution in [2.45, 2.75) is 13.5 Å². The number of carbonyl (C=O) groups is 1. The second-order valence-corrected chi connectivity index (χ2v) is 8.30. The molecule has 0 aliphatic carbocycles. The maximum Gasteiger partial charge on any atom is 0.250 e. The molecular weight excluding hydrogens is 423 g/mol. The number of hydrogen-bond donors (Lipinski definition) is 1. The summed E-state index contributed by atoms with van der Waals surface area (Å²) in [7, 11) is 0. The molecule has 0 unspecified atom stereocenters. The van der Waals surface area contributed by atoms with Gasteiger partial charge in [0.15, 0.2) is 5.13 Å². The molecule has 1 aromatic heterocycles. The molecule has 0 radical (unpaired) electrons. The second-order valence-electron chi connectivity index (χ2n) is 7.10. The molecule has 0 aliphatic rings. The topological polar surface area (TPSA) is 51.2 Å². The summed E-state index contributed by atoms with van der Waals surface area (Å²) in [4.78, 5) is 17.7. The number of amides is 1. The summed E-state index contributed by atoms with van der Waals surface area (Å²) >= 11 is 1.38. The molecule has 1 N–H and O–H groups in total. The number of ether oxygens (including phenoxy) is 1. The van der Waals surface area contributed by atoms with Crippen molar-refractivity contribution in [3.63, 3.8) is 0 Å². The maximum absolute atomic E-state index is 13.1. The van der Waals surface area contributed by atoms with Crippen LogP contribution in [0, 0.1) is 12.7 Å². The molecule has 1 amide bonds. The van der Waals surface area contributed by atoms with Gasteiger partial charge in [0.25, 0.3) is 0 Å². The Morgan fingerprint density at radius 1 is 1.03 bits per heavy atom. The third-order valence-corrected chi connectivity index (χ3v) is 5.59. The van der Waals surface area contributed by atoms with Gasteiger partial charge in [-0.15, -0.1) is 11.3 Å². The molecule has 0 atom stereocenters. The average molecular weight is 445 g/mol. The standard InChI is InChI=1S/C26H21FN2O2S/c1-18-25(21-10-12-22(27)13-11-21)29-26(32-18)28-24(30)16-9-19-7-14-23(15-8-19)31-17-20-5-3-2-4-6-20/h2-16H,17H2,1H3,(H,28,29,30)/b16-9+. The van der Waals surface area contributed by atoms with Gasteiger partial charge < -0.3 is 4.74 Å². The summed E-state index contributed by atoms with van der Waals surface area (Å²) in [5, 5.41) is 3.29. The van der Waals surface area contributed by atoms with Crippen molar-refractivity contribution in [3.8, 4) is 17.0 Å². The van der Waals surface area contributed by atoms with Crippen LogP contribution in [0.15, 0.2) is 84.9 Å². The molecule has 4 rings (SSSR count). The highest BCUT2D eigenvalue weighted by Gasteiger charge is 2.11. The molecule has 0 spiro atoms. The summed E-state index contributed by atoms with van der Waals surface area (Å²) < 4.78 is 18.9. The van der Waals surface area contributed by atoms with Crippen molar-refractivity contribution in [2.24, 2.45) is 0 Å². The number of carbonyl (C=O) groups excluding carboxylic acids is 1. The first kappa shape index (κ1) is 21.5. The lowest BCUT2D eigenvalue weighted by Gasteiger charge is -2.06. The number of halogens is 1. The van der Waals surface area contributed by atoms with E-state index in [0.717, 1.165) is 33.0 Å². The molecular formula is C26H21FN2O2S. The van der Waals surface area contributed by atoms with Crippen LogP contribution >= 0.6 is 11.3 Å².